The fourth-order valence-corrected chi connectivity index (χ4v) is 1.93. The van der Waals surface area contributed by atoms with Gasteiger partial charge in [-0.2, -0.15) is 5.26 Å². The number of rotatable bonds is 3. The standard InChI is InChI=1S/C15H15N3O/c1-18(14-6-4-3-5-11(14)10-16)15-9-12(19-2)7-8-13(15)17/h3-9H,17H2,1-2H3. The van der Waals surface area contributed by atoms with Gasteiger partial charge in [-0.3, -0.25) is 0 Å². The van der Waals surface area contributed by atoms with E-state index in [4.69, 9.17) is 15.7 Å². The van der Waals surface area contributed by atoms with Crippen molar-refractivity contribution < 1.29 is 4.74 Å². The van der Waals surface area contributed by atoms with Crippen molar-refractivity contribution in [1.29, 1.82) is 5.26 Å². The molecule has 0 saturated carbocycles. The summed E-state index contributed by atoms with van der Waals surface area (Å²) in [6.45, 7) is 0. The third-order valence-electron chi connectivity index (χ3n) is 2.98. The number of methoxy groups -OCH3 is 1. The molecule has 0 aromatic heterocycles. The number of ether oxygens (including phenoxy) is 1. The van der Waals surface area contributed by atoms with Crippen LogP contribution >= 0.6 is 0 Å². The van der Waals surface area contributed by atoms with E-state index in [9.17, 15) is 0 Å². The first-order valence-corrected chi connectivity index (χ1v) is 5.83. The lowest BCUT2D eigenvalue weighted by Gasteiger charge is -2.22. The van der Waals surface area contributed by atoms with Crippen LogP contribution in [-0.2, 0) is 0 Å². The number of nitrogen functional groups attached to an aromatic ring is 1. The van der Waals surface area contributed by atoms with Crippen LogP contribution in [0.5, 0.6) is 5.75 Å². The van der Waals surface area contributed by atoms with E-state index in [0.29, 0.717) is 11.3 Å². The zero-order valence-corrected chi connectivity index (χ0v) is 10.9. The molecule has 0 aliphatic rings. The Bertz CT molecular complexity index is 632. The van der Waals surface area contributed by atoms with E-state index >= 15 is 0 Å². The summed E-state index contributed by atoms with van der Waals surface area (Å²) in [7, 11) is 3.49. The Kier molecular flexibility index (Phi) is 3.58. The molecule has 2 rings (SSSR count). The molecular weight excluding hydrogens is 238 g/mol. The first-order chi connectivity index (χ1) is 9.17. The Balaban J connectivity index is 2.50. The van der Waals surface area contributed by atoms with Crippen LogP contribution in [0.4, 0.5) is 17.1 Å². The quantitative estimate of drug-likeness (QED) is 0.854. The Hall–Kier alpha value is -2.67. The molecule has 4 nitrogen and oxygen atoms in total. The van der Waals surface area contributed by atoms with Crippen LogP contribution in [0.3, 0.4) is 0 Å². The summed E-state index contributed by atoms with van der Waals surface area (Å²) in [5.41, 5.74) is 8.85. The lowest BCUT2D eigenvalue weighted by atomic mass is 10.1. The molecule has 0 unspecified atom stereocenters. The van der Waals surface area contributed by atoms with E-state index in [1.54, 1.807) is 19.2 Å². The van der Waals surface area contributed by atoms with Crippen LogP contribution in [0.2, 0.25) is 0 Å². The second kappa shape index (κ2) is 5.32. The van der Waals surface area contributed by atoms with Crippen molar-refractivity contribution in [2.75, 3.05) is 24.8 Å². The van der Waals surface area contributed by atoms with Gasteiger partial charge in [-0.25, -0.2) is 0 Å². The van der Waals surface area contributed by atoms with Crippen LogP contribution < -0.4 is 15.4 Å². The Labute approximate surface area is 112 Å². The van der Waals surface area contributed by atoms with E-state index in [1.807, 2.05) is 42.3 Å². The van der Waals surface area contributed by atoms with Gasteiger partial charge in [0.05, 0.1) is 29.7 Å². The smallest absolute Gasteiger partial charge is 0.121 e. The Morgan fingerprint density at radius 3 is 2.58 bits per heavy atom. The number of nitrogens with two attached hydrogens (primary N) is 1. The highest BCUT2D eigenvalue weighted by Gasteiger charge is 2.12. The van der Waals surface area contributed by atoms with Crippen LogP contribution in [0, 0.1) is 11.3 Å². The zero-order valence-electron chi connectivity index (χ0n) is 10.9. The molecule has 0 amide bonds. The van der Waals surface area contributed by atoms with Gasteiger partial charge in [0, 0.05) is 13.1 Å². The number of hydrogen-bond donors (Lipinski definition) is 1. The van der Waals surface area contributed by atoms with E-state index < -0.39 is 0 Å². The maximum absolute atomic E-state index is 9.15. The average molecular weight is 253 g/mol. The van der Waals surface area contributed by atoms with E-state index in [-0.39, 0.29) is 0 Å². The number of nitrogens with zero attached hydrogens (tertiary/aromatic N) is 2. The second-order valence-electron chi connectivity index (χ2n) is 4.11. The van der Waals surface area contributed by atoms with Gasteiger partial charge in [0.2, 0.25) is 0 Å². The van der Waals surface area contributed by atoms with E-state index in [0.717, 1.165) is 17.1 Å². The first-order valence-electron chi connectivity index (χ1n) is 5.83. The van der Waals surface area contributed by atoms with Gasteiger partial charge >= 0.3 is 0 Å². The highest BCUT2D eigenvalue weighted by Crippen LogP contribution is 2.33. The lowest BCUT2D eigenvalue weighted by Crippen LogP contribution is -2.13. The predicted molar refractivity (Wildman–Crippen MR) is 76.6 cm³/mol. The maximum Gasteiger partial charge on any atom is 0.121 e. The number of nitriles is 1. The number of hydrogen-bond acceptors (Lipinski definition) is 4. The summed E-state index contributed by atoms with van der Waals surface area (Å²) in [6, 6.07) is 15.0. The molecule has 0 atom stereocenters. The summed E-state index contributed by atoms with van der Waals surface area (Å²) < 4.78 is 5.21. The molecule has 0 aliphatic heterocycles. The van der Waals surface area contributed by atoms with Crippen molar-refractivity contribution in [3.8, 4) is 11.8 Å². The summed E-state index contributed by atoms with van der Waals surface area (Å²) in [6.07, 6.45) is 0. The molecule has 0 aliphatic carbocycles. The Morgan fingerprint density at radius 1 is 1.16 bits per heavy atom. The van der Waals surface area contributed by atoms with E-state index in [2.05, 4.69) is 6.07 Å². The molecule has 96 valence electrons. The molecular formula is C15H15N3O. The minimum Gasteiger partial charge on any atom is -0.497 e. The second-order valence-corrected chi connectivity index (χ2v) is 4.11. The number of anilines is 3. The highest BCUT2D eigenvalue weighted by molar-refractivity contribution is 5.78. The molecule has 2 aromatic carbocycles. The molecule has 0 radical (unpaired) electrons. The largest absolute Gasteiger partial charge is 0.497 e. The third kappa shape index (κ3) is 2.45. The van der Waals surface area contributed by atoms with Crippen molar-refractivity contribution in [3.63, 3.8) is 0 Å². The van der Waals surface area contributed by atoms with Gasteiger partial charge in [-0.1, -0.05) is 12.1 Å². The minimum atomic E-state index is 0.604. The van der Waals surface area contributed by atoms with Crippen molar-refractivity contribution in [2.45, 2.75) is 0 Å². The molecule has 0 saturated heterocycles. The van der Waals surface area contributed by atoms with Gasteiger partial charge < -0.3 is 15.4 Å². The van der Waals surface area contributed by atoms with Gasteiger partial charge in [-0.15, -0.1) is 0 Å². The summed E-state index contributed by atoms with van der Waals surface area (Å²) >= 11 is 0. The maximum atomic E-state index is 9.15. The van der Waals surface area contributed by atoms with Crippen molar-refractivity contribution in [2.24, 2.45) is 0 Å². The predicted octanol–water partition coefficient (Wildman–Crippen LogP) is 2.92. The van der Waals surface area contributed by atoms with Crippen LogP contribution in [0.1, 0.15) is 5.56 Å². The highest BCUT2D eigenvalue weighted by atomic mass is 16.5. The summed E-state index contributed by atoms with van der Waals surface area (Å²) in [5, 5.41) is 9.15. The molecule has 4 heteroatoms. The molecule has 2 aromatic rings. The number of benzene rings is 2. The molecule has 2 N–H and O–H groups in total. The fourth-order valence-electron chi connectivity index (χ4n) is 1.93. The van der Waals surface area contributed by atoms with Gasteiger partial charge in [0.15, 0.2) is 0 Å². The van der Waals surface area contributed by atoms with Gasteiger partial charge in [0.1, 0.15) is 11.8 Å². The first kappa shape index (κ1) is 12.8. The number of para-hydroxylation sites is 1. The fraction of sp³-hybridized carbons (Fsp3) is 0.133. The molecule has 0 spiro atoms. The SMILES string of the molecule is COc1ccc(N)c(N(C)c2ccccc2C#N)c1. The Morgan fingerprint density at radius 2 is 1.89 bits per heavy atom. The topological polar surface area (TPSA) is 62.3 Å². The normalized spacial score (nSPS) is 9.74. The van der Waals surface area contributed by atoms with Crippen LogP contribution in [0.25, 0.3) is 0 Å². The molecule has 0 fully saturated rings. The van der Waals surface area contributed by atoms with Gasteiger partial charge in [-0.05, 0) is 24.3 Å². The third-order valence-corrected chi connectivity index (χ3v) is 2.98. The summed E-state index contributed by atoms with van der Waals surface area (Å²) in [4.78, 5) is 1.89. The van der Waals surface area contributed by atoms with Crippen molar-refractivity contribution in [1.82, 2.24) is 0 Å². The lowest BCUT2D eigenvalue weighted by molar-refractivity contribution is 0.415. The minimum absolute atomic E-state index is 0.604. The van der Waals surface area contributed by atoms with Crippen LogP contribution in [-0.4, -0.2) is 14.2 Å². The van der Waals surface area contributed by atoms with Crippen molar-refractivity contribution >= 4 is 17.1 Å². The monoisotopic (exact) mass is 253 g/mol. The summed E-state index contributed by atoms with van der Waals surface area (Å²) in [5.74, 6) is 0.727. The molecule has 0 heterocycles. The molecule has 0 bridgehead atoms. The molecule has 19 heavy (non-hydrogen) atoms. The van der Waals surface area contributed by atoms with Crippen molar-refractivity contribution in [3.05, 3.63) is 48.0 Å². The average Bonchev–Trinajstić information content (AvgIpc) is 2.47. The van der Waals surface area contributed by atoms with E-state index in [1.165, 1.54) is 0 Å². The van der Waals surface area contributed by atoms with Gasteiger partial charge in [0.25, 0.3) is 0 Å². The zero-order chi connectivity index (χ0) is 13.8. The van der Waals surface area contributed by atoms with Crippen LogP contribution in [0.15, 0.2) is 42.5 Å².